The van der Waals surface area contributed by atoms with Gasteiger partial charge < -0.3 is 15.5 Å². The highest BCUT2D eigenvalue weighted by Gasteiger charge is 2.21. The van der Waals surface area contributed by atoms with Crippen LogP contribution in [0.25, 0.3) is 0 Å². The summed E-state index contributed by atoms with van der Waals surface area (Å²) in [7, 11) is 0. The average molecular weight is 238 g/mol. The molecule has 17 heavy (non-hydrogen) atoms. The highest BCUT2D eigenvalue weighted by atomic mass is 16.3. The van der Waals surface area contributed by atoms with Crippen LogP contribution in [0.4, 0.5) is 5.82 Å². The van der Waals surface area contributed by atoms with E-state index in [1.807, 2.05) is 20.8 Å². The second kappa shape index (κ2) is 5.25. The van der Waals surface area contributed by atoms with Crippen LogP contribution >= 0.6 is 0 Å². The van der Waals surface area contributed by atoms with Crippen molar-refractivity contribution in [1.82, 2.24) is 4.98 Å². The number of carbonyl (C=O) groups is 1. The third kappa shape index (κ3) is 3.80. The van der Waals surface area contributed by atoms with Gasteiger partial charge in [0.1, 0.15) is 11.9 Å². The number of aromatic nitrogens is 1. The maximum absolute atomic E-state index is 11.7. The number of hydrogen-bond donors (Lipinski definition) is 3. The van der Waals surface area contributed by atoms with E-state index >= 15 is 0 Å². The number of amides is 1. The Morgan fingerprint density at radius 1 is 1.47 bits per heavy atom. The molecule has 0 aromatic carbocycles. The first-order valence-electron chi connectivity index (χ1n) is 5.41. The molecule has 1 atom stereocenters. The monoisotopic (exact) mass is 238 g/mol. The molecule has 5 nitrogen and oxygen atoms in total. The van der Waals surface area contributed by atoms with E-state index < -0.39 is 11.5 Å². The second-order valence-electron chi connectivity index (χ2n) is 4.88. The van der Waals surface area contributed by atoms with Gasteiger partial charge in [-0.25, -0.2) is 4.98 Å². The first-order chi connectivity index (χ1) is 7.84. The van der Waals surface area contributed by atoms with Crippen LogP contribution < -0.4 is 5.32 Å². The van der Waals surface area contributed by atoms with E-state index in [-0.39, 0.29) is 12.5 Å². The van der Waals surface area contributed by atoms with Crippen molar-refractivity contribution in [1.29, 1.82) is 0 Å². The Hall–Kier alpha value is -1.46. The van der Waals surface area contributed by atoms with Crippen LogP contribution in [0.15, 0.2) is 18.3 Å². The summed E-state index contributed by atoms with van der Waals surface area (Å²) in [4.78, 5) is 15.7. The number of hydrogen-bond acceptors (Lipinski definition) is 4. The van der Waals surface area contributed by atoms with E-state index in [1.54, 1.807) is 12.1 Å². The van der Waals surface area contributed by atoms with Gasteiger partial charge in [-0.2, -0.15) is 0 Å². The van der Waals surface area contributed by atoms with Crippen molar-refractivity contribution in [2.45, 2.75) is 26.9 Å². The minimum absolute atomic E-state index is 0.125. The topological polar surface area (TPSA) is 82.5 Å². The standard InChI is InChI=1S/C12H18N2O3/c1-12(2,3)11(17)14-10-5-4-8(6-13-10)9(16)7-15/h4-6,9,15-16H,7H2,1-3H3,(H,13,14,17)/t9-/m0/s1. The van der Waals surface area contributed by atoms with Crippen LogP contribution in [0, 0.1) is 5.41 Å². The molecular weight excluding hydrogens is 220 g/mol. The van der Waals surface area contributed by atoms with Gasteiger partial charge in [-0.05, 0) is 6.07 Å². The van der Waals surface area contributed by atoms with E-state index in [2.05, 4.69) is 10.3 Å². The third-order valence-electron chi connectivity index (χ3n) is 2.27. The molecule has 0 bridgehead atoms. The third-order valence-corrected chi connectivity index (χ3v) is 2.27. The predicted octanol–water partition coefficient (Wildman–Crippen LogP) is 1.09. The lowest BCUT2D eigenvalue weighted by Crippen LogP contribution is -2.28. The zero-order valence-corrected chi connectivity index (χ0v) is 10.3. The van der Waals surface area contributed by atoms with Gasteiger partial charge in [0.05, 0.1) is 6.61 Å². The van der Waals surface area contributed by atoms with Gasteiger partial charge in [0, 0.05) is 17.2 Å². The van der Waals surface area contributed by atoms with Crippen molar-refractivity contribution in [2.75, 3.05) is 11.9 Å². The first-order valence-corrected chi connectivity index (χ1v) is 5.41. The number of pyridine rings is 1. The Labute approximate surface area is 101 Å². The predicted molar refractivity (Wildman–Crippen MR) is 64.4 cm³/mol. The zero-order valence-electron chi connectivity index (χ0n) is 10.3. The molecule has 94 valence electrons. The number of nitrogens with one attached hydrogen (secondary N) is 1. The molecule has 0 spiro atoms. The van der Waals surface area contributed by atoms with Crippen LogP contribution in [-0.2, 0) is 4.79 Å². The van der Waals surface area contributed by atoms with E-state index in [0.717, 1.165) is 0 Å². The molecule has 1 aromatic rings. The Morgan fingerprint density at radius 3 is 2.53 bits per heavy atom. The minimum Gasteiger partial charge on any atom is -0.393 e. The van der Waals surface area contributed by atoms with Crippen molar-refractivity contribution in [3.63, 3.8) is 0 Å². The summed E-state index contributed by atoms with van der Waals surface area (Å²) in [5, 5.41) is 20.8. The molecular formula is C12H18N2O3. The summed E-state index contributed by atoms with van der Waals surface area (Å²) in [6.45, 7) is 5.08. The molecule has 0 aliphatic rings. The van der Waals surface area contributed by atoms with Gasteiger partial charge in [-0.1, -0.05) is 26.8 Å². The Bertz CT molecular complexity index is 382. The fourth-order valence-electron chi connectivity index (χ4n) is 1.09. The number of aliphatic hydroxyl groups is 2. The summed E-state index contributed by atoms with van der Waals surface area (Å²) in [5.74, 6) is 0.305. The van der Waals surface area contributed by atoms with Gasteiger partial charge in [0.25, 0.3) is 0 Å². The van der Waals surface area contributed by atoms with E-state index in [1.165, 1.54) is 6.20 Å². The largest absolute Gasteiger partial charge is 0.393 e. The van der Waals surface area contributed by atoms with Gasteiger partial charge in [0.15, 0.2) is 0 Å². The molecule has 0 fully saturated rings. The van der Waals surface area contributed by atoms with Crippen LogP contribution in [-0.4, -0.2) is 27.7 Å². The molecule has 0 aliphatic heterocycles. The van der Waals surface area contributed by atoms with Gasteiger partial charge in [-0.3, -0.25) is 4.79 Å². The number of anilines is 1. The Morgan fingerprint density at radius 2 is 2.12 bits per heavy atom. The van der Waals surface area contributed by atoms with Crippen LogP contribution in [0.3, 0.4) is 0 Å². The molecule has 0 saturated carbocycles. The molecule has 5 heteroatoms. The van der Waals surface area contributed by atoms with Crippen LogP contribution in [0.5, 0.6) is 0 Å². The van der Waals surface area contributed by atoms with Crippen molar-refractivity contribution >= 4 is 11.7 Å². The van der Waals surface area contributed by atoms with Crippen LogP contribution in [0.2, 0.25) is 0 Å². The second-order valence-corrected chi connectivity index (χ2v) is 4.88. The molecule has 0 aliphatic carbocycles. The van der Waals surface area contributed by atoms with Crippen molar-refractivity contribution in [2.24, 2.45) is 5.41 Å². The van der Waals surface area contributed by atoms with E-state index in [0.29, 0.717) is 11.4 Å². The summed E-state index contributed by atoms with van der Waals surface area (Å²) in [5.41, 5.74) is 0.0339. The van der Waals surface area contributed by atoms with Gasteiger partial charge in [0.2, 0.25) is 5.91 Å². The number of aliphatic hydroxyl groups excluding tert-OH is 2. The van der Waals surface area contributed by atoms with Crippen LogP contribution in [0.1, 0.15) is 32.4 Å². The minimum atomic E-state index is -0.935. The average Bonchev–Trinajstić information content (AvgIpc) is 2.27. The normalized spacial score (nSPS) is 13.2. The van der Waals surface area contributed by atoms with Crippen molar-refractivity contribution in [3.8, 4) is 0 Å². The molecule has 0 radical (unpaired) electrons. The van der Waals surface area contributed by atoms with Crippen molar-refractivity contribution < 1.29 is 15.0 Å². The smallest absolute Gasteiger partial charge is 0.230 e. The maximum atomic E-state index is 11.7. The fourth-order valence-corrected chi connectivity index (χ4v) is 1.09. The highest BCUT2D eigenvalue weighted by molar-refractivity contribution is 5.93. The maximum Gasteiger partial charge on any atom is 0.230 e. The van der Waals surface area contributed by atoms with Gasteiger partial charge in [-0.15, -0.1) is 0 Å². The lowest BCUT2D eigenvalue weighted by atomic mass is 9.96. The Balaban J connectivity index is 2.72. The quantitative estimate of drug-likeness (QED) is 0.736. The summed E-state index contributed by atoms with van der Waals surface area (Å²) >= 11 is 0. The Kier molecular flexibility index (Phi) is 4.20. The summed E-state index contributed by atoms with van der Waals surface area (Å²) < 4.78 is 0. The number of carbonyl (C=O) groups excluding carboxylic acids is 1. The van der Waals surface area contributed by atoms with E-state index in [9.17, 15) is 9.90 Å². The number of rotatable bonds is 3. The number of nitrogens with zero attached hydrogens (tertiary/aromatic N) is 1. The first kappa shape index (κ1) is 13.6. The van der Waals surface area contributed by atoms with Gasteiger partial charge >= 0.3 is 0 Å². The molecule has 3 N–H and O–H groups in total. The summed E-state index contributed by atoms with van der Waals surface area (Å²) in [6, 6.07) is 3.21. The van der Waals surface area contributed by atoms with E-state index in [4.69, 9.17) is 5.11 Å². The SMILES string of the molecule is CC(C)(C)C(=O)Nc1ccc([C@@H](O)CO)cn1. The molecule has 0 unspecified atom stereocenters. The molecule has 1 amide bonds. The highest BCUT2D eigenvalue weighted by Crippen LogP contribution is 2.17. The zero-order chi connectivity index (χ0) is 13.1. The fraction of sp³-hybridized carbons (Fsp3) is 0.500. The lowest BCUT2D eigenvalue weighted by molar-refractivity contribution is -0.123. The summed E-state index contributed by atoms with van der Waals surface area (Å²) in [6.07, 6.45) is 0.494. The lowest BCUT2D eigenvalue weighted by Gasteiger charge is -2.17. The molecule has 0 saturated heterocycles. The molecule has 1 aromatic heterocycles. The van der Waals surface area contributed by atoms with Crippen molar-refractivity contribution in [3.05, 3.63) is 23.9 Å². The molecule has 1 rings (SSSR count). The molecule has 1 heterocycles.